The van der Waals surface area contributed by atoms with Crippen molar-refractivity contribution in [2.45, 2.75) is 13.3 Å². The summed E-state index contributed by atoms with van der Waals surface area (Å²) in [6.45, 7) is 1.79. The van der Waals surface area contributed by atoms with Gasteiger partial charge in [0.25, 0.3) is 0 Å². The van der Waals surface area contributed by atoms with E-state index >= 15 is 0 Å². The van der Waals surface area contributed by atoms with E-state index in [4.69, 9.17) is 11.6 Å². The van der Waals surface area contributed by atoms with E-state index < -0.39 is 5.92 Å². The van der Waals surface area contributed by atoms with E-state index in [0.29, 0.717) is 17.0 Å². The van der Waals surface area contributed by atoms with E-state index in [2.05, 4.69) is 0 Å². The molecule has 0 saturated carbocycles. The van der Waals surface area contributed by atoms with Crippen LogP contribution in [0.15, 0.2) is 48.5 Å². The maximum atomic E-state index is 12.4. The van der Waals surface area contributed by atoms with Gasteiger partial charge in [0, 0.05) is 16.5 Å². The molecule has 1 N–H and O–H groups in total. The average Bonchev–Trinajstić information content (AvgIpc) is 2.46. The molecular weight excluding hydrogens is 272 g/mol. The number of hydrogen-bond acceptors (Lipinski definition) is 2. The molecule has 0 fully saturated rings. The van der Waals surface area contributed by atoms with Crippen LogP contribution < -0.4 is 0 Å². The molecule has 104 valence electrons. The minimum absolute atomic E-state index is 0.0221. The standard InChI is InChI=1S/C17H17ClO2/c1-12-3-2-4-14(9-12)17(20)15(11-19)10-13-5-7-16(18)8-6-13/h2-9,15,19H,10-11H2,1H3. The third kappa shape index (κ3) is 3.69. The minimum Gasteiger partial charge on any atom is -0.396 e. The van der Waals surface area contributed by atoms with Crippen LogP contribution in [0.5, 0.6) is 0 Å². The van der Waals surface area contributed by atoms with Gasteiger partial charge in [0.1, 0.15) is 0 Å². The molecule has 0 bridgehead atoms. The van der Waals surface area contributed by atoms with Gasteiger partial charge < -0.3 is 5.11 Å². The molecule has 0 amide bonds. The molecule has 0 aliphatic heterocycles. The van der Waals surface area contributed by atoms with Gasteiger partial charge in [-0.1, -0.05) is 47.5 Å². The number of benzene rings is 2. The molecule has 2 aromatic rings. The molecule has 1 unspecified atom stereocenters. The van der Waals surface area contributed by atoms with Crippen LogP contribution in [0.1, 0.15) is 21.5 Å². The Morgan fingerprint density at radius 2 is 1.90 bits per heavy atom. The first-order valence-electron chi connectivity index (χ1n) is 6.56. The number of carbonyl (C=O) groups is 1. The monoisotopic (exact) mass is 288 g/mol. The minimum atomic E-state index is -0.419. The molecular formula is C17H17ClO2. The van der Waals surface area contributed by atoms with Crippen molar-refractivity contribution < 1.29 is 9.90 Å². The summed E-state index contributed by atoms with van der Waals surface area (Å²) in [7, 11) is 0. The van der Waals surface area contributed by atoms with Crippen molar-refractivity contribution in [2.75, 3.05) is 6.61 Å². The number of carbonyl (C=O) groups excluding carboxylic acids is 1. The van der Waals surface area contributed by atoms with Crippen LogP contribution in [-0.4, -0.2) is 17.5 Å². The Labute approximate surface area is 124 Å². The topological polar surface area (TPSA) is 37.3 Å². The molecule has 2 nitrogen and oxygen atoms in total. The van der Waals surface area contributed by atoms with Crippen LogP contribution in [0.4, 0.5) is 0 Å². The Bertz CT molecular complexity index is 590. The molecule has 2 aromatic carbocycles. The summed E-state index contributed by atoms with van der Waals surface area (Å²) in [5.74, 6) is -0.441. The van der Waals surface area contributed by atoms with Gasteiger partial charge >= 0.3 is 0 Å². The smallest absolute Gasteiger partial charge is 0.168 e. The van der Waals surface area contributed by atoms with Gasteiger partial charge in [0.2, 0.25) is 0 Å². The first kappa shape index (κ1) is 14.8. The van der Waals surface area contributed by atoms with Crippen LogP contribution >= 0.6 is 11.6 Å². The van der Waals surface area contributed by atoms with Crippen LogP contribution in [0.2, 0.25) is 5.02 Å². The summed E-state index contributed by atoms with van der Waals surface area (Å²) in [6, 6.07) is 14.8. The summed E-state index contributed by atoms with van der Waals surface area (Å²) in [5, 5.41) is 10.2. The molecule has 0 aromatic heterocycles. The number of ketones is 1. The highest BCUT2D eigenvalue weighted by Gasteiger charge is 2.19. The van der Waals surface area contributed by atoms with Crippen molar-refractivity contribution in [3.05, 3.63) is 70.2 Å². The molecule has 0 spiro atoms. The number of rotatable bonds is 5. The summed E-state index contributed by atoms with van der Waals surface area (Å²) >= 11 is 5.84. The lowest BCUT2D eigenvalue weighted by Crippen LogP contribution is -2.21. The van der Waals surface area contributed by atoms with Crippen molar-refractivity contribution in [2.24, 2.45) is 5.92 Å². The van der Waals surface area contributed by atoms with Gasteiger partial charge in [-0.3, -0.25) is 4.79 Å². The van der Waals surface area contributed by atoms with Gasteiger partial charge in [-0.15, -0.1) is 0 Å². The van der Waals surface area contributed by atoms with Crippen molar-refractivity contribution >= 4 is 17.4 Å². The van der Waals surface area contributed by atoms with E-state index in [1.165, 1.54) is 0 Å². The zero-order valence-corrected chi connectivity index (χ0v) is 12.1. The van der Waals surface area contributed by atoms with E-state index in [-0.39, 0.29) is 12.4 Å². The molecule has 0 heterocycles. The summed E-state index contributed by atoms with van der Waals surface area (Å²) < 4.78 is 0. The largest absolute Gasteiger partial charge is 0.396 e. The second-order valence-electron chi connectivity index (χ2n) is 4.94. The van der Waals surface area contributed by atoms with Gasteiger partial charge in [-0.2, -0.15) is 0 Å². The molecule has 0 radical (unpaired) electrons. The highest BCUT2D eigenvalue weighted by Crippen LogP contribution is 2.17. The zero-order valence-electron chi connectivity index (χ0n) is 11.3. The summed E-state index contributed by atoms with van der Waals surface area (Å²) in [4.78, 5) is 12.4. The van der Waals surface area contributed by atoms with E-state index in [9.17, 15) is 9.90 Å². The third-order valence-corrected chi connectivity index (χ3v) is 3.54. The van der Waals surface area contributed by atoms with E-state index in [0.717, 1.165) is 11.1 Å². The van der Waals surface area contributed by atoms with Crippen molar-refractivity contribution in [1.29, 1.82) is 0 Å². The predicted molar refractivity (Wildman–Crippen MR) is 81.2 cm³/mol. The lowest BCUT2D eigenvalue weighted by Gasteiger charge is -2.13. The molecule has 20 heavy (non-hydrogen) atoms. The Kier molecular flexibility index (Phi) is 4.94. The van der Waals surface area contributed by atoms with Gasteiger partial charge in [0.05, 0.1) is 6.61 Å². The molecule has 1 atom stereocenters. The fourth-order valence-corrected chi connectivity index (χ4v) is 2.31. The molecule has 3 heteroatoms. The molecule has 2 rings (SSSR count). The first-order chi connectivity index (χ1) is 9.60. The Morgan fingerprint density at radius 3 is 2.50 bits per heavy atom. The second-order valence-corrected chi connectivity index (χ2v) is 5.38. The third-order valence-electron chi connectivity index (χ3n) is 3.29. The van der Waals surface area contributed by atoms with Crippen LogP contribution in [0, 0.1) is 12.8 Å². The number of aliphatic hydroxyl groups is 1. The lowest BCUT2D eigenvalue weighted by atomic mass is 9.91. The quantitative estimate of drug-likeness (QED) is 0.852. The van der Waals surface area contributed by atoms with Crippen LogP contribution in [0.25, 0.3) is 0 Å². The first-order valence-corrected chi connectivity index (χ1v) is 6.94. The van der Waals surface area contributed by atoms with Gasteiger partial charge in [0.15, 0.2) is 5.78 Å². The van der Waals surface area contributed by atoms with Crippen molar-refractivity contribution in [3.63, 3.8) is 0 Å². The summed E-state index contributed by atoms with van der Waals surface area (Å²) in [5.41, 5.74) is 2.69. The van der Waals surface area contributed by atoms with Crippen LogP contribution in [0.3, 0.4) is 0 Å². The average molecular weight is 289 g/mol. The molecule has 0 aliphatic carbocycles. The summed E-state index contributed by atoms with van der Waals surface area (Å²) in [6.07, 6.45) is 0.514. The van der Waals surface area contributed by atoms with Crippen LogP contribution in [-0.2, 0) is 6.42 Å². The molecule has 0 saturated heterocycles. The highest BCUT2D eigenvalue weighted by molar-refractivity contribution is 6.30. The van der Waals surface area contributed by atoms with E-state index in [1.807, 2.05) is 37.3 Å². The Hall–Kier alpha value is -1.64. The second kappa shape index (κ2) is 6.69. The van der Waals surface area contributed by atoms with Gasteiger partial charge in [-0.25, -0.2) is 0 Å². The Morgan fingerprint density at radius 1 is 1.20 bits per heavy atom. The van der Waals surface area contributed by atoms with Gasteiger partial charge in [-0.05, 0) is 37.1 Å². The number of aliphatic hydroxyl groups excluding tert-OH is 1. The maximum absolute atomic E-state index is 12.4. The van der Waals surface area contributed by atoms with Crippen molar-refractivity contribution in [1.82, 2.24) is 0 Å². The van der Waals surface area contributed by atoms with Crippen molar-refractivity contribution in [3.8, 4) is 0 Å². The predicted octanol–water partition coefficient (Wildman–Crippen LogP) is 3.68. The zero-order chi connectivity index (χ0) is 14.5. The lowest BCUT2D eigenvalue weighted by molar-refractivity contribution is 0.0860. The number of halogens is 1. The normalized spacial score (nSPS) is 12.2. The fourth-order valence-electron chi connectivity index (χ4n) is 2.18. The number of hydrogen-bond donors (Lipinski definition) is 1. The SMILES string of the molecule is Cc1cccc(C(=O)C(CO)Cc2ccc(Cl)cc2)c1. The maximum Gasteiger partial charge on any atom is 0.168 e. The fraction of sp³-hybridized carbons (Fsp3) is 0.235. The number of Topliss-reactive ketones (excluding diaryl/α,β-unsaturated/α-hetero) is 1. The highest BCUT2D eigenvalue weighted by atomic mass is 35.5. The van der Waals surface area contributed by atoms with E-state index in [1.54, 1.807) is 18.2 Å². The molecule has 0 aliphatic rings. The Balaban J connectivity index is 2.15. The number of aryl methyl sites for hydroxylation is 1.